The fourth-order valence-electron chi connectivity index (χ4n) is 3.60. The number of nitrogens with one attached hydrogen (secondary N) is 3. The normalized spacial score (nSPS) is 11.7. The number of para-hydroxylation sites is 1. The highest BCUT2D eigenvalue weighted by atomic mass is 16.5. The van der Waals surface area contributed by atoms with E-state index < -0.39 is 5.91 Å². The van der Waals surface area contributed by atoms with Crippen molar-refractivity contribution in [1.82, 2.24) is 25.8 Å². The first-order chi connectivity index (χ1) is 16.1. The summed E-state index contributed by atoms with van der Waals surface area (Å²) in [6.07, 6.45) is 2.23. The van der Waals surface area contributed by atoms with Crippen LogP contribution in [0.1, 0.15) is 23.7 Å². The van der Waals surface area contributed by atoms with Crippen LogP contribution in [-0.4, -0.2) is 32.1 Å². The van der Waals surface area contributed by atoms with Gasteiger partial charge in [0, 0.05) is 5.69 Å². The van der Waals surface area contributed by atoms with Crippen LogP contribution in [0.15, 0.2) is 79.0 Å². The van der Waals surface area contributed by atoms with Crippen LogP contribution >= 0.6 is 0 Å². The fraction of sp³-hybridized carbons (Fsp3) is 0.167. The van der Waals surface area contributed by atoms with E-state index in [0.717, 1.165) is 16.3 Å². The molecule has 0 bridgehead atoms. The van der Waals surface area contributed by atoms with Crippen LogP contribution < -0.4 is 16.1 Å². The molecule has 0 fully saturated rings. The highest BCUT2D eigenvalue weighted by Crippen LogP contribution is 2.22. The average Bonchev–Trinajstić information content (AvgIpc) is 3.32. The quantitative estimate of drug-likeness (QED) is 0.245. The van der Waals surface area contributed by atoms with Gasteiger partial charge in [-0.2, -0.15) is 0 Å². The standard InChI is InChI=1S/C24H24N6O3/c31-23(28-33)14-22(13-17-10-11-18-6-4-5-7-19(18)12-17)30-16-21(27-29-30)15-25-24(32)26-20-8-2-1-3-9-20/h1-12,16,22,33H,13-15H2,(H,28,31)(H2,25,26,32)/t22-/m1/s1. The Morgan fingerprint density at radius 3 is 2.52 bits per heavy atom. The molecule has 0 saturated carbocycles. The summed E-state index contributed by atoms with van der Waals surface area (Å²) in [4.78, 5) is 24.0. The number of hydrogen-bond acceptors (Lipinski definition) is 5. The maximum atomic E-state index is 12.1. The Hall–Kier alpha value is -4.24. The van der Waals surface area contributed by atoms with Crippen molar-refractivity contribution in [3.8, 4) is 0 Å². The van der Waals surface area contributed by atoms with E-state index >= 15 is 0 Å². The minimum Gasteiger partial charge on any atom is -0.332 e. The van der Waals surface area contributed by atoms with E-state index in [2.05, 4.69) is 27.0 Å². The summed E-state index contributed by atoms with van der Waals surface area (Å²) in [5.74, 6) is -0.516. The number of aromatic nitrogens is 3. The predicted octanol–water partition coefficient (Wildman–Crippen LogP) is 3.43. The lowest BCUT2D eigenvalue weighted by molar-refractivity contribution is -0.130. The molecular weight excluding hydrogens is 420 g/mol. The zero-order valence-electron chi connectivity index (χ0n) is 17.8. The number of nitrogens with zero attached hydrogens (tertiary/aromatic N) is 3. The maximum absolute atomic E-state index is 12.1. The van der Waals surface area contributed by atoms with E-state index in [-0.39, 0.29) is 25.0 Å². The topological polar surface area (TPSA) is 121 Å². The maximum Gasteiger partial charge on any atom is 0.319 e. The second kappa shape index (κ2) is 10.4. The Labute approximate surface area is 190 Å². The number of fused-ring (bicyclic) bond motifs is 1. The lowest BCUT2D eigenvalue weighted by atomic mass is 10.00. The molecule has 168 valence electrons. The van der Waals surface area contributed by atoms with Gasteiger partial charge in [-0.15, -0.1) is 5.10 Å². The van der Waals surface area contributed by atoms with Crippen LogP contribution in [0, 0.1) is 0 Å². The third kappa shape index (κ3) is 5.92. The first-order valence-corrected chi connectivity index (χ1v) is 10.5. The molecule has 1 heterocycles. The Balaban J connectivity index is 1.43. The summed E-state index contributed by atoms with van der Waals surface area (Å²) in [6.45, 7) is 0.174. The predicted molar refractivity (Wildman–Crippen MR) is 124 cm³/mol. The van der Waals surface area contributed by atoms with Crippen LogP contribution in [0.4, 0.5) is 10.5 Å². The smallest absolute Gasteiger partial charge is 0.319 e. The van der Waals surface area contributed by atoms with Crippen LogP contribution in [0.5, 0.6) is 0 Å². The van der Waals surface area contributed by atoms with E-state index in [1.165, 1.54) is 0 Å². The molecule has 33 heavy (non-hydrogen) atoms. The first kappa shape index (κ1) is 22.0. The molecule has 0 saturated heterocycles. The van der Waals surface area contributed by atoms with Gasteiger partial charge in [0.25, 0.3) is 0 Å². The molecule has 9 nitrogen and oxygen atoms in total. The Kier molecular flexibility index (Phi) is 6.91. The molecule has 4 rings (SSSR count). The Bertz CT molecular complexity index is 1240. The monoisotopic (exact) mass is 444 g/mol. The highest BCUT2D eigenvalue weighted by molar-refractivity contribution is 5.89. The number of urea groups is 1. The number of hydroxylamine groups is 1. The van der Waals surface area contributed by atoms with Crippen molar-refractivity contribution in [1.29, 1.82) is 0 Å². The minimum absolute atomic E-state index is 0.0219. The van der Waals surface area contributed by atoms with E-state index in [1.807, 2.05) is 54.6 Å². The van der Waals surface area contributed by atoms with E-state index in [9.17, 15) is 9.59 Å². The van der Waals surface area contributed by atoms with Gasteiger partial charge in [-0.3, -0.25) is 10.0 Å². The highest BCUT2D eigenvalue weighted by Gasteiger charge is 2.19. The molecule has 3 aromatic carbocycles. The summed E-state index contributed by atoms with van der Waals surface area (Å²) < 4.78 is 1.59. The Morgan fingerprint density at radius 2 is 1.73 bits per heavy atom. The molecule has 9 heteroatoms. The molecule has 4 aromatic rings. The van der Waals surface area contributed by atoms with Crippen molar-refractivity contribution in [2.24, 2.45) is 0 Å². The second-order valence-corrected chi connectivity index (χ2v) is 7.64. The molecule has 1 atom stereocenters. The van der Waals surface area contributed by atoms with Crippen molar-refractivity contribution < 1.29 is 14.8 Å². The molecular formula is C24H24N6O3. The van der Waals surface area contributed by atoms with Gasteiger partial charge in [0.1, 0.15) is 5.69 Å². The number of hydrogen-bond donors (Lipinski definition) is 4. The molecule has 0 radical (unpaired) electrons. The van der Waals surface area contributed by atoms with Crippen molar-refractivity contribution in [3.63, 3.8) is 0 Å². The van der Waals surface area contributed by atoms with Crippen molar-refractivity contribution in [2.75, 3.05) is 5.32 Å². The second-order valence-electron chi connectivity index (χ2n) is 7.64. The van der Waals surface area contributed by atoms with Crippen molar-refractivity contribution >= 4 is 28.4 Å². The van der Waals surface area contributed by atoms with Crippen LogP contribution in [0.2, 0.25) is 0 Å². The minimum atomic E-state index is -0.516. The van der Waals surface area contributed by atoms with Gasteiger partial charge >= 0.3 is 6.03 Å². The SMILES string of the molecule is O=C(C[C@@H](Cc1ccc2ccccc2c1)n1cc(CNC(=O)Nc2ccccc2)nn1)NO. The number of carbonyl (C=O) groups excluding carboxylic acids is 2. The van der Waals surface area contributed by atoms with Crippen LogP contribution in [-0.2, 0) is 17.8 Å². The molecule has 4 N–H and O–H groups in total. The van der Waals surface area contributed by atoms with Gasteiger partial charge in [-0.25, -0.2) is 15.0 Å². The molecule has 0 aliphatic rings. The first-order valence-electron chi connectivity index (χ1n) is 10.5. The van der Waals surface area contributed by atoms with E-state index in [0.29, 0.717) is 17.8 Å². The van der Waals surface area contributed by atoms with Gasteiger partial charge in [-0.1, -0.05) is 65.9 Å². The molecule has 0 aliphatic heterocycles. The van der Waals surface area contributed by atoms with Crippen molar-refractivity contribution in [3.05, 3.63) is 90.3 Å². The van der Waals surface area contributed by atoms with Crippen molar-refractivity contribution in [2.45, 2.75) is 25.4 Å². The number of amides is 3. The van der Waals surface area contributed by atoms with Gasteiger partial charge < -0.3 is 10.6 Å². The third-order valence-corrected chi connectivity index (χ3v) is 5.22. The Morgan fingerprint density at radius 1 is 0.970 bits per heavy atom. The van der Waals surface area contributed by atoms with E-state index in [1.54, 1.807) is 28.5 Å². The van der Waals surface area contributed by atoms with Gasteiger partial charge in [-0.05, 0) is 34.9 Å². The van der Waals surface area contributed by atoms with Gasteiger partial charge in [0.15, 0.2) is 0 Å². The third-order valence-electron chi connectivity index (χ3n) is 5.22. The number of benzene rings is 3. The molecule has 0 aliphatic carbocycles. The lowest BCUT2D eigenvalue weighted by Crippen LogP contribution is -2.28. The average molecular weight is 444 g/mol. The van der Waals surface area contributed by atoms with Gasteiger partial charge in [0.05, 0.1) is 25.2 Å². The van der Waals surface area contributed by atoms with Crippen LogP contribution in [0.25, 0.3) is 10.8 Å². The summed E-state index contributed by atoms with van der Waals surface area (Å²) in [7, 11) is 0. The van der Waals surface area contributed by atoms with Crippen LogP contribution in [0.3, 0.4) is 0 Å². The zero-order valence-corrected chi connectivity index (χ0v) is 17.8. The largest absolute Gasteiger partial charge is 0.332 e. The van der Waals surface area contributed by atoms with Gasteiger partial charge in [0.2, 0.25) is 5.91 Å². The summed E-state index contributed by atoms with van der Waals surface area (Å²) >= 11 is 0. The summed E-state index contributed by atoms with van der Waals surface area (Å²) in [5, 5.41) is 25.0. The molecule has 0 unspecified atom stereocenters. The molecule has 0 spiro atoms. The summed E-state index contributed by atoms with van der Waals surface area (Å²) in [6, 6.07) is 22.6. The lowest BCUT2D eigenvalue weighted by Gasteiger charge is -2.16. The summed E-state index contributed by atoms with van der Waals surface area (Å²) in [5.41, 5.74) is 3.95. The fourth-order valence-corrected chi connectivity index (χ4v) is 3.60. The number of anilines is 1. The number of carbonyl (C=O) groups is 2. The zero-order chi connectivity index (χ0) is 23.0. The van der Waals surface area contributed by atoms with E-state index in [4.69, 9.17) is 5.21 Å². The molecule has 3 amide bonds. The molecule has 1 aromatic heterocycles. The number of rotatable bonds is 8.